The van der Waals surface area contributed by atoms with Gasteiger partial charge in [0.1, 0.15) is 0 Å². The van der Waals surface area contributed by atoms with Gasteiger partial charge in [0.25, 0.3) is 7.28 Å². The molecule has 1 aliphatic rings. The molecule has 0 aliphatic carbocycles. The average molecular weight is 238 g/mol. The molecular formula is C11H17BNO4. The molecule has 17 heavy (non-hydrogen) atoms. The van der Waals surface area contributed by atoms with Crippen LogP contribution < -0.4 is 5.46 Å². The Balaban J connectivity index is 0.00000128. The summed E-state index contributed by atoms with van der Waals surface area (Å²) < 4.78 is 5.19. The molecule has 5 nitrogen and oxygen atoms in total. The molecule has 1 aromatic rings. The van der Waals surface area contributed by atoms with Gasteiger partial charge in [-0.05, 0) is 0 Å². The van der Waals surface area contributed by atoms with E-state index in [1.54, 1.807) is 7.28 Å². The molecule has 0 atom stereocenters. The van der Waals surface area contributed by atoms with E-state index >= 15 is 0 Å². The van der Waals surface area contributed by atoms with E-state index in [1.165, 1.54) is 0 Å². The number of hydrogen-bond acceptors (Lipinski definition) is 2. The Bertz CT molecular complexity index is 328. The molecule has 6 heteroatoms. The van der Waals surface area contributed by atoms with E-state index in [1.807, 2.05) is 35.2 Å². The standard InChI is InChI=1S/C11H13BNO2.2H2O/c14-11(13-6-8-15-9-7-13)12-10-4-2-1-3-5-10;;/h1-5H,6-9H2;2*1H2. The first-order valence-electron chi connectivity index (χ1n) is 5.13. The van der Waals surface area contributed by atoms with Crippen molar-refractivity contribution in [2.45, 2.75) is 0 Å². The number of ether oxygens (including phenoxy) is 1. The van der Waals surface area contributed by atoms with E-state index in [0.717, 1.165) is 5.46 Å². The van der Waals surface area contributed by atoms with Crippen LogP contribution in [0.5, 0.6) is 0 Å². The Morgan fingerprint density at radius 3 is 2.29 bits per heavy atom. The van der Waals surface area contributed by atoms with Gasteiger partial charge in [-0.15, -0.1) is 0 Å². The third-order valence-corrected chi connectivity index (χ3v) is 2.41. The summed E-state index contributed by atoms with van der Waals surface area (Å²) >= 11 is 0. The zero-order chi connectivity index (χ0) is 10.5. The molecule has 1 saturated heterocycles. The van der Waals surface area contributed by atoms with Crippen molar-refractivity contribution in [1.29, 1.82) is 0 Å². The molecule has 1 aromatic carbocycles. The van der Waals surface area contributed by atoms with Crippen molar-refractivity contribution >= 4 is 18.5 Å². The van der Waals surface area contributed by atoms with E-state index < -0.39 is 0 Å². The first-order valence-corrected chi connectivity index (χ1v) is 5.13. The fourth-order valence-corrected chi connectivity index (χ4v) is 1.57. The lowest BCUT2D eigenvalue weighted by Gasteiger charge is -2.27. The number of carbonyl (C=O) groups is 1. The normalized spacial score (nSPS) is 14.2. The molecule has 93 valence electrons. The fraction of sp³-hybridized carbons (Fsp3) is 0.364. The van der Waals surface area contributed by atoms with Crippen molar-refractivity contribution in [1.82, 2.24) is 4.90 Å². The molecular weight excluding hydrogens is 221 g/mol. The van der Waals surface area contributed by atoms with Crippen molar-refractivity contribution in [3.05, 3.63) is 30.3 Å². The van der Waals surface area contributed by atoms with Gasteiger partial charge in [-0.2, -0.15) is 0 Å². The van der Waals surface area contributed by atoms with Gasteiger partial charge in [0.15, 0.2) is 5.81 Å². The van der Waals surface area contributed by atoms with Crippen molar-refractivity contribution in [3.8, 4) is 0 Å². The maximum Gasteiger partial charge on any atom is 0.271 e. The van der Waals surface area contributed by atoms with E-state index in [-0.39, 0.29) is 16.8 Å². The molecule has 0 spiro atoms. The molecule has 1 radical (unpaired) electrons. The first-order chi connectivity index (χ1) is 7.36. The quantitative estimate of drug-likeness (QED) is 0.606. The van der Waals surface area contributed by atoms with Crippen LogP contribution in [-0.2, 0) is 4.74 Å². The van der Waals surface area contributed by atoms with Gasteiger partial charge < -0.3 is 20.6 Å². The Labute approximate surface area is 101 Å². The number of nitrogens with zero attached hydrogens (tertiary/aromatic N) is 1. The molecule has 1 aliphatic heterocycles. The molecule has 0 unspecified atom stereocenters. The Morgan fingerprint density at radius 2 is 1.71 bits per heavy atom. The number of hydrogen-bond donors (Lipinski definition) is 0. The number of morpholine rings is 1. The summed E-state index contributed by atoms with van der Waals surface area (Å²) in [4.78, 5) is 13.6. The lowest BCUT2D eigenvalue weighted by molar-refractivity contribution is 0.0588. The molecule has 2 rings (SSSR count). The van der Waals surface area contributed by atoms with Gasteiger partial charge in [0.2, 0.25) is 0 Å². The second-order valence-corrected chi connectivity index (χ2v) is 3.49. The minimum Gasteiger partial charge on any atom is -0.412 e. The van der Waals surface area contributed by atoms with Crippen LogP contribution in [0.2, 0.25) is 0 Å². The number of carbonyl (C=O) groups excluding carboxylic acids is 1. The highest BCUT2D eigenvalue weighted by Gasteiger charge is 2.17. The molecule has 0 bridgehead atoms. The van der Waals surface area contributed by atoms with Gasteiger partial charge in [-0.1, -0.05) is 35.8 Å². The second-order valence-electron chi connectivity index (χ2n) is 3.49. The SMILES string of the molecule is O.O.O=C([B]c1ccccc1)N1CCOCC1. The smallest absolute Gasteiger partial charge is 0.271 e. The van der Waals surface area contributed by atoms with E-state index in [0.29, 0.717) is 26.3 Å². The summed E-state index contributed by atoms with van der Waals surface area (Å²) in [5.74, 6) is 0.0736. The Hall–Kier alpha value is -1.37. The van der Waals surface area contributed by atoms with Crippen LogP contribution in [0.1, 0.15) is 0 Å². The number of rotatable bonds is 2. The molecule has 0 aromatic heterocycles. The van der Waals surface area contributed by atoms with E-state index in [2.05, 4.69) is 0 Å². The summed E-state index contributed by atoms with van der Waals surface area (Å²) in [7, 11) is 1.67. The minimum absolute atomic E-state index is 0. The number of amides is 1. The van der Waals surface area contributed by atoms with Gasteiger partial charge >= 0.3 is 0 Å². The summed E-state index contributed by atoms with van der Waals surface area (Å²) in [6, 6.07) is 9.66. The van der Waals surface area contributed by atoms with Gasteiger partial charge in [-0.3, -0.25) is 4.79 Å². The fourth-order valence-electron chi connectivity index (χ4n) is 1.57. The van der Waals surface area contributed by atoms with E-state index in [4.69, 9.17) is 4.74 Å². The zero-order valence-electron chi connectivity index (χ0n) is 9.56. The average Bonchev–Trinajstić information content (AvgIpc) is 2.31. The highest BCUT2D eigenvalue weighted by atomic mass is 16.5. The van der Waals surface area contributed by atoms with Gasteiger partial charge in [-0.25, -0.2) is 0 Å². The minimum atomic E-state index is 0. The lowest BCUT2D eigenvalue weighted by atomic mass is 9.69. The van der Waals surface area contributed by atoms with Crippen LogP contribution in [0.3, 0.4) is 0 Å². The topological polar surface area (TPSA) is 92.5 Å². The van der Waals surface area contributed by atoms with E-state index in [9.17, 15) is 4.79 Å². The molecule has 0 saturated carbocycles. The molecule has 1 amide bonds. The third-order valence-electron chi connectivity index (χ3n) is 2.41. The van der Waals surface area contributed by atoms with Gasteiger partial charge in [0.05, 0.1) is 13.2 Å². The van der Waals surface area contributed by atoms with Crippen LogP contribution in [0.4, 0.5) is 4.79 Å². The molecule has 1 heterocycles. The second kappa shape index (κ2) is 7.84. The summed E-state index contributed by atoms with van der Waals surface area (Å²) in [5, 5.41) is 0. The summed E-state index contributed by atoms with van der Waals surface area (Å²) in [5.41, 5.74) is 0.953. The van der Waals surface area contributed by atoms with Crippen LogP contribution in [0, 0.1) is 0 Å². The Morgan fingerprint density at radius 1 is 1.12 bits per heavy atom. The van der Waals surface area contributed by atoms with Crippen molar-refractivity contribution < 1.29 is 20.5 Å². The maximum absolute atomic E-state index is 11.8. The first kappa shape index (κ1) is 15.6. The van der Waals surface area contributed by atoms with Crippen molar-refractivity contribution in [2.75, 3.05) is 26.3 Å². The maximum atomic E-state index is 11.8. The van der Waals surface area contributed by atoms with Crippen LogP contribution in [-0.4, -0.2) is 55.2 Å². The highest BCUT2D eigenvalue weighted by Crippen LogP contribution is 1.97. The molecule has 4 N–H and O–H groups in total. The van der Waals surface area contributed by atoms with Crippen LogP contribution in [0.25, 0.3) is 0 Å². The monoisotopic (exact) mass is 238 g/mol. The zero-order valence-corrected chi connectivity index (χ0v) is 9.56. The highest BCUT2D eigenvalue weighted by molar-refractivity contribution is 6.83. The largest absolute Gasteiger partial charge is 0.412 e. The lowest BCUT2D eigenvalue weighted by Crippen LogP contribution is -2.44. The summed E-state index contributed by atoms with van der Waals surface area (Å²) in [6.45, 7) is 2.69. The predicted molar refractivity (Wildman–Crippen MR) is 66.8 cm³/mol. The van der Waals surface area contributed by atoms with Crippen LogP contribution in [0.15, 0.2) is 30.3 Å². The predicted octanol–water partition coefficient (Wildman–Crippen LogP) is -1.18. The van der Waals surface area contributed by atoms with Gasteiger partial charge in [0, 0.05) is 13.1 Å². The third kappa shape index (κ3) is 4.56. The molecule has 1 fully saturated rings. The number of benzene rings is 1. The van der Waals surface area contributed by atoms with Crippen molar-refractivity contribution in [2.24, 2.45) is 0 Å². The summed E-state index contributed by atoms with van der Waals surface area (Å²) in [6.07, 6.45) is 0. The van der Waals surface area contributed by atoms with Crippen molar-refractivity contribution in [3.63, 3.8) is 0 Å². The van der Waals surface area contributed by atoms with Crippen LogP contribution >= 0.6 is 0 Å². The Kier molecular flexibility index (Phi) is 7.21.